The summed E-state index contributed by atoms with van der Waals surface area (Å²) in [5.41, 5.74) is 0. The van der Waals surface area contributed by atoms with Gasteiger partial charge in [0.25, 0.3) is 0 Å². The maximum atomic E-state index is 10.5. The number of rotatable bonds is 6. The molecule has 0 radical (unpaired) electrons. The van der Waals surface area contributed by atoms with E-state index in [0.717, 1.165) is 25.6 Å². The van der Waals surface area contributed by atoms with Crippen molar-refractivity contribution in [3.8, 4) is 0 Å². The molecule has 0 spiro atoms. The molecule has 3 nitrogen and oxygen atoms in total. The standard InChI is InChI=1S/C9H18N2O/c1-8(12)11-7-6-10-5-4-9-2-3-9/h9-10H,2-7H2,1H3,(H,11,12). The molecule has 0 aromatic rings. The number of carbonyl (C=O) groups excluding carboxylic acids is 1. The first-order valence-corrected chi connectivity index (χ1v) is 4.74. The first-order chi connectivity index (χ1) is 5.79. The molecule has 0 unspecified atom stereocenters. The van der Waals surface area contributed by atoms with Gasteiger partial charge in [0, 0.05) is 20.0 Å². The van der Waals surface area contributed by atoms with Gasteiger partial charge in [-0.1, -0.05) is 12.8 Å². The van der Waals surface area contributed by atoms with Crippen LogP contribution < -0.4 is 10.6 Å². The highest BCUT2D eigenvalue weighted by Crippen LogP contribution is 2.31. The summed E-state index contributed by atoms with van der Waals surface area (Å²) in [6.45, 7) is 4.29. The number of carbonyl (C=O) groups is 1. The van der Waals surface area contributed by atoms with E-state index in [1.165, 1.54) is 19.3 Å². The summed E-state index contributed by atoms with van der Waals surface area (Å²) in [6, 6.07) is 0. The van der Waals surface area contributed by atoms with E-state index in [0.29, 0.717) is 0 Å². The van der Waals surface area contributed by atoms with Gasteiger partial charge in [-0.05, 0) is 18.9 Å². The van der Waals surface area contributed by atoms with Gasteiger partial charge in [-0.3, -0.25) is 4.79 Å². The molecule has 1 aliphatic carbocycles. The van der Waals surface area contributed by atoms with Crippen molar-refractivity contribution in [1.82, 2.24) is 10.6 Å². The SMILES string of the molecule is CC(=O)NCCNCCC1CC1. The van der Waals surface area contributed by atoms with Crippen LogP contribution in [0.2, 0.25) is 0 Å². The summed E-state index contributed by atoms with van der Waals surface area (Å²) >= 11 is 0. The summed E-state index contributed by atoms with van der Waals surface area (Å²) in [7, 11) is 0. The fourth-order valence-corrected chi connectivity index (χ4v) is 1.16. The Labute approximate surface area is 73.9 Å². The Bertz CT molecular complexity index is 143. The molecule has 1 fully saturated rings. The maximum Gasteiger partial charge on any atom is 0.216 e. The van der Waals surface area contributed by atoms with Crippen molar-refractivity contribution in [3.05, 3.63) is 0 Å². The minimum absolute atomic E-state index is 0.0546. The van der Waals surface area contributed by atoms with E-state index in [1.54, 1.807) is 6.92 Å². The largest absolute Gasteiger partial charge is 0.355 e. The lowest BCUT2D eigenvalue weighted by atomic mass is 10.3. The summed E-state index contributed by atoms with van der Waals surface area (Å²) in [4.78, 5) is 10.5. The summed E-state index contributed by atoms with van der Waals surface area (Å²) in [5.74, 6) is 1.05. The van der Waals surface area contributed by atoms with Crippen LogP contribution in [0.1, 0.15) is 26.2 Å². The number of amides is 1. The first-order valence-electron chi connectivity index (χ1n) is 4.74. The van der Waals surface area contributed by atoms with Crippen molar-refractivity contribution in [2.75, 3.05) is 19.6 Å². The number of nitrogens with one attached hydrogen (secondary N) is 2. The first kappa shape index (κ1) is 9.52. The Morgan fingerprint density at radius 2 is 2.08 bits per heavy atom. The molecule has 1 amide bonds. The van der Waals surface area contributed by atoms with Gasteiger partial charge in [0.15, 0.2) is 0 Å². The van der Waals surface area contributed by atoms with Crippen molar-refractivity contribution in [3.63, 3.8) is 0 Å². The van der Waals surface area contributed by atoms with Crippen LogP contribution in [-0.4, -0.2) is 25.5 Å². The molecule has 2 N–H and O–H groups in total. The van der Waals surface area contributed by atoms with Crippen molar-refractivity contribution in [1.29, 1.82) is 0 Å². The predicted octanol–water partition coefficient (Wildman–Crippen LogP) is 0.512. The van der Waals surface area contributed by atoms with Crippen LogP contribution in [0, 0.1) is 5.92 Å². The summed E-state index contributed by atoms with van der Waals surface area (Å²) < 4.78 is 0. The molecule has 0 bridgehead atoms. The molecular formula is C9H18N2O. The fourth-order valence-electron chi connectivity index (χ4n) is 1.16. The Hall–Kier alpha value is -0.570. The smallest absolute Gasteiger partial charge is 0.216 e. The minimum atomic E-state index is 0.0546. The highest BCUT2D eigenvalue weighted by Gasteiger charge is 2.19. The van der Waals surface area contributed by atoms with Crippen molar-refractivity contribution < 1.29 is 4.79 Å². The summed E-state index contributed by atoms with van der Waals surface area (Å²) in [6.07, 6.45) is 4.15. The topological polar surface area (TPSA) is 41.1 Å². The van der Waals surface area contributed by atoms with Gasteiger partial charge in [0.1, 0.15) is 0 Å². The molecule has 0 aromatic carbocycles. The van der Waals surface area contributed by atoms with E-state index in [-0.39, 0.29) is 5.91 Å². The molecule has 12 heavy (non-hydrogen) atoms. The molecule has 1 rings (SSSR count). The van der Waals surface area contributed by atoms with E-state index in [2.05, 4.69) is 10.6 Å². The highest BCUT2D eigenvalue weighted by molar-refractivity contribution is 5.72. The Kier molecular flexibility index (Phi) is 4.08. The van der Waals surface area contributed by atoms with Gasteiger partial charge in [-0.25, -0.2) is 0 Å². The molecule has 0 aromatic heterocycles. The van der Waals surface area contributed by atoms with Gasteiger partial charge in [0.2, 0.25) is 5.91 Å². The van der Waals surface area contributed by atoms with Gasteiger partial charge in [-0.15, -0.1) is 0 Å². The van der Waals surface area contributed by atoms with Crippen LogP contribution in [-0.2, 0) is 4.79 Å². The number of hydrogen-bond donors (Lipinski definition) is 2. The quantitative estimate of drug-likeness (QED) is 0.570. The second kappa shape index (κ2) is 5.14. The maximum absolute atomic E-state index is 10.5. The van der Waals surface area contributed by atoms with Gasteiger partial charge >= 0.3 is 0 Å². The summed E-state index contributed by atoms with van der Waals surface area (Å²) in [5, 5.41) is 6.05. The monoisotopic (exact) mass is 170 g/mol. The van der Waals surface area contributed by atoms with Crippen LogP contribution >= 0.6 is 0 Å². The van der Waals surface area contributed by atoms with Crippen LogP contribution in [0.5, 0.6) is 0 Å². The predicted molar refractivity (Wildman–Crippen MR) is 48.9 cm³/mol. The second-order valence-electron chi connectivity index (χ2n) is 3.47. The molecule has 1 saturated carbocycles. The third kappa shape index (κ3) is 5.13. The molecule has 70 valence electrons. The Balaban J connectivity index is 1.73. The van der Waals surface area contributed by atoms with Crippen LogP contribution in [0.4, 0.5) is 0 Å². The zero-order chi connectivity index (χ0) is 8.81. The van der Waals surface area contributed by atoms with Gasteiger partial charge in [-0.2, -0.15) is 0 Å². The van der Waals surface area contributed by atoms with Crippen molar-refractivity contribution in [2.24, 2.45) is 5.92 Å². The lowest BCUT2D eigenvalue weighted by Crippen LogP contribution is -2.30. The van der Waals surface area contributed by atoms with Gasteiger partial charge in [0.05, 0.1) is 0 Å². The molecule has 0 saturated heterocycles. The van der Waals surface area contributed by atoms with E-state index < -0.39 is 0 Å². The molecule has 3 heteroatoms. The van der Waals surface area contributed by atoms with Crippen LogP contribution in [0.25, 0.3) is 0 Å². The normalized spacial score (nSPS) is 16.1. The zero-order valence-corrected chi connectivity index (χ0v) is 7.73. The average Bonchev–Trinajstić information content (AvgIpc) is 2.79. The van der Waals surface area contributed by atoms with E-state index in [9.17, 15) is 4.79 Å². The lowest BCUT2D eigenvalue weighted by Gasteiger charge is -2.03. The van der Waals surface area contributed by atoms with E-state index in [4.69, 9.17) is 0 Å². The third-order valence-electron chi connectivity index (χ3n) is 2.10. The molecule has 0 heterocycles. The average molecular weight is 170 g/mol. The van der Waals surface area contributed by atoms with Crippen LogP contribution in [0.3, 0.4) is 0 Å². The molecule has 1 aliphatic rings. The van der Waals surface area contributed by atoms with Crippen LogP contribution in [0.15, 0.2) is 0 Å². The van der Waals surface area contributed by atoms with Gasteiger partial charge < -0.3 is 10.6 Å². The molecule has 0 atom stereocenters. The zero-order valence-electron chi connectivity index (χ0n) is 7.73. The number of hydrogen-bond acceptors (Lipinski definition) is 2. The fraction of sp³-hybridized carbons (Fsp3) is 0.889. The Morgan fingerprint density at radius 3 is 2.67 bits per heavy atom. The Morgan fingerprint density at radius 1 is 1.33 bits per heavy atom. The molecular weight excluding hydrogens is 152 g/mol. The third-order valence-corrected chi connectivity index (χ3v) is 2.10. The van der Waals surface area contributed by atoms with E-state index >= 15 is 0 Å². The molecule has 0 aliphatic heterocycles. The minimum Gasteiger partial charge on any atom is -0.355 e. The second-order valence-corrected chi connectivity index (χ2v) is 3.47. The van der Waals surface area contributed by atoms with E-state index in [1.807, 2.05) is 0 Å². The van der Waals surface area contributed by atoms with Crippen molar-refractivity contribution >= 4 is 5.91 Å². The lowest BCUT2D eigenvalue weighted by molar-refractivity contribution is -0.118. The van der Waals surface area contributed by atoms with Crippen molar-refractivity contribution in [2.45, 2.75) is 26.2 Å². The highest BCUT2D eigenvalue weighted by atomic mass is 16.1.